The van der Waals surface area contributed by atoms with Gasteiger partial charge in [-0.05, 0) is 24.3 Å². The molecule has 0 saturated heterocycles. The van der Waals surface area contributed by atoms with Crippen LogP contribution in [0.5, 0.6) is 0 Å². The van der Waals surface area contributed by atoms with Crippen LogP contribution in [0, 0.1) is 5.82 Å². The van der Waals surface area contributed by atoms with Crippen molar-refractivity contribution in [2.75, 3.05) is 0 Å². The average molecular weight is 254 g/mol. The predicted molar refractivity (Wildman–Crippen MR) is 64.0 cm³/mol. The molecule has 3 rings (SSSR count). The van der Waals surface area contributed by atoms with Crippen LogP contribution in [0.1, 0.15) is 0 Å². The monoisotopic (exact) mass is 254 g/mol. The van der Waals surface area contributed by atoms with Crippen LogP contribution in [0.3, 0.4) is 0 Å². The number of hydrogen-bond donors (Lipinski definition) is 0. The minimum Gasteiger partial charge on any atom is -0.253 e. The number of pyridine rings is 2. The quantitative estimate of drug-likeness (QED) is 0.690. The Morgan fingerprint density at radius 2 is 1.42 bits per heavy atom. The van der Waals surface area contributed by atoms with Gasteiger partial charge >= 0.3 is 0 Å². The van der Waals surface area contributed by atoms with Crippen LogP contribution < -0.4 is 0 Å². The average Bonchev–Trinajstić information content (AvgIpc) is 2.49. The van der Waals surface area contributed by atoms with Gasteiger partial charge in [0.1, 0.15) is 17.2 Å². The number of rotatable bonds is 2. The highest BCUT2D eigenvalue weighted by molar-refractivity contribution is 5.50. The largest absolute Gasteiger partial charge is 0.253 e. The van der Waals surface area contributed by atoms with Gasteiger partial charge in [0.25, 0.3) is 0 Å². The maximum Gasteiger partial charge on any atom is 0.221 e. The van der Waals surface area contributed by atoms with Crippen LogP contribution in [-0.2, 0) is 0 Å². The minimum absolute atomic E-state index is 0.236. The van der Waals surface area contributed by atoms with Crippen LogP contribution in [0.25, 0.3) is 23.0 Å². The third-order valence-corrected chi connectivity index (χ3v) is 2.33. The van der Waals surface area contributed by atoms with Crippen molar-refractivity contribution in [3.8, 4) is 23.0 Å². The summed E-state index contributed by atoms with van der Waals surface area (Å²) in [6.45, 7) is 0. The lowest BCUT2D eigenvalue weighted by Crippen LogP contribution is -2.01. The highest BCUT2D eigenvalue weighted by atomic mass is 19.1. The summed E-state index contributed by atoms with van der Waals surface area (Å²) in [6.07, 6.45) is 2.72. The summed E-state index contributed by atoms with van der Waals surface area (Å²) in [4.78, 5) is 7.95. The molecule has 0 unspecified atom stereocenters. The van der Waals surface area contributed by atoms with Crippen molar-refractivity contribution in [1.82, 2.24) is 30.4 Å². The number of aromatic nitrogens is 6. The summed E-state index contributed by atoms with van der Waals surface area (Å²) in [5, 5.41) is 15.7. The Morgan fingerprint density at radius 3 is 1.95 bits per heavy atom. The number of hydrogen-bond acceptors (Lipinski definition) is 6. The maximum atomic E-state index is 12.7. The van der Waals surface area contributed by atoms with E-state index in [-0.39, 0.29) is 5.82 Å². The van der Waals surface area contributed by atoms with E-state index >= 15 is 0 Å². The molecule has 3 aromatic rings. The van der Waals surface area contributed by atoms with Crippen molar-refractivity contribution in [2.45, 2.75) is 0 Å². The fraction of sp³-hybridized carbons (Fsp3) is 0. The molecule has 0 spiro atoms. The molecule has 19 heavy (non-hydrogen) atoms. The van der Waals surface area contributed by atoms with E-state index in [9.17, 15) is 4.39 Å². The highest BCUT2D eigenvalue weighted by Gasteiger charge is 2.07. The molecule has 92 valence electrons. The molecule has 0 fully saturated rings. The van der Waals surface area contributed by atoms with Gasteiger partial charge < -0.3 is 0 Å². The lowest BCUT2D eigenvalue weighted by molar-refractivity contribution is 0.621. The van der Waals surface area contributed by atoms with Crippen molar-refractivity contribution in [1.29, 1.82) is 0 Å². The van der Waals surface area contributed by atoms with Crippen LogP contribution in [0.2, 0.25) is 0 Å². The second kappa shape index (κ2) is 4.81. The van der Waals surface area contributed by atoms with E-state index in [0.29, 0.717) is 17.2 Å². The minimum atomic E-state index is -0.422. The normalized spacial score (nSPS) is 10.4. The Kier molecular flexibility index (Phi) is 2.85. The highest BCUT2D eigenvalue weighted by Crippen LogP contribution is 2.12. The summed E-state index contributed by atoms with van der Waals surface area (Å²) in [7, 11) is 0. The Bertz CT molecular complexity index is 669. The van der Waals surface area contributed by atoms with Crippen LogP contribution in [0.15, 0.2) is 42.7 Å². The molecule has 0 atom stereocenters. The van der Waals surface area contributed by atoms with Crippen molar-refractivity contribution in [2.24, 2.45) is 0 Å². The predicted octanol–water partition coefficient (Wildman–Crippen LogP) is 1.53. The van der Waals surface area contributed by atoms with Gasteiger partial charge in [0.2, 0.25) is 11.6 Å². The third kappa shape index (κ3) is 2.39. The Labute approximate surface area is 107 Å². The molecule has 7 heteroatoms. The van der Waals surface area contributed by atoms with Crippen LogP contribution in [0.4, 0.5) is 4.39 Å². The molecular weight excluding hydrogens is 247 g/mol. The summed E-state index contributed by atoms with van der Waals surface area (Å²) < 4.78 is 12.7. The fourth-order valence-electron chi connectivity index (χ4n) is 1.44. The Hall–Kier alpha value is -2.83. The second-order valence-electron chi connectivity index (χ2n) is 3.62. The first-order valence-electron chi connectivity index (χ1n) is 5.44. The standard InChI is InChI=1S/C12H7FN6/c13-8-4-5-10(15-7-8)12-18-16-11(17-19-12)9-3-1-2-6-14-9/h1-7H. The molecule has 0 bridgehead atoms. The van der Waals surface area contributed by atoms with E-state index in [1.807, 2.05) is 6.07 Å². The van der Waals surface area contributed by atoms with E-state index in [1.165, 1.54) is 12.1 Å². The van der Waals surface area contributed by atoms with E-state index in [1.54, 1.807) is 18.3 Å². The number of nitrogens with zero attached hydrogens (tertiary/aromatic N) is 6. The van der Waals surface area contributed by atoms with Gasteiger partial charge in [-0.1, -0.05) is 6.07 Å². The lowest BCUT2D eigenvalue weighted by atomic mass is 10.3. The van der Waals surface area contributed by atoms with Gasteiger partial charge in [0.05, 0.1) is 6.20 Å². The molecule has 0 aliphatic rings. The molecule has 0 aliphatic carbocycles. The molecule has 0 saturated carbocycles. The first-order chi connectivity index (χ1) is 9.33. The maximum absolute atomic E-state index is 12.7. The smallest absolute Gasteiger partial charge is 0.221 e. The fourth-order valence-corrected chi connectivity index (χ4v) is 1.44. The van der Waals surface area contributed by atoms with Gasteiger partial charge in [-0.2, -0.15) is 0 Å². The van der Waals surface area contributed by atoms with Crippen molar-refractivity contribution in [3.63, 3.8) is 0 Å². The summed E-state index contributed by atoms with van der Waals surface area (Å²) >= 11 is 0. The summed E-state index contributed by atoms with van der Waals surface area (Å²) in [5.74, 6) is 0.140. The Balaban J connectivity index is 1.93. The molecule has 3 heterocycles. The van der Waals surface area contributed by atoms with E-state index in [0.717, 1.165) is 6.20 Å². The lowest BCUT2D eigenvalue weighted by Gasteiger charge is -1.99. The first-order valence-corrected chi connectivity index (χ1v) is 5.44. The number of halogens is 1. The molecule has 6 nitrogen and oxygen atoms in total. The zero-order valence-electron chi connectivity index (χ0n) is 9.60. The van der Waals surface area contributed by atoms with Gasteiger partial charge in [0, 0.05) is 6.20 Å². The van der Waals surface area contributed by atoms with E-state index in [4.69, 9.17) is 0 Å². The van der Waals surface area contributed by atoms with Crippen molar-refractivity contribution < 1.29 is 4.39 Å². The summed E-state index contributed by atoms with van der Waals surface area (Å²) in [5.41, 5.74) is 0.995. The zero-order chi connectivity index (χ0) is 13.1. The molecule has 0 amide bonds. The molecule has 0 aromatic carbocycles. The van der Waals surface area contributed by atoms with E-state index < -0.39 is 5.82 Å². The second-order valence-corrected chi connectivity index (χ2v) is 3.62. The van der Waals surface area contributed by atoms with Gasteiger partial charge in [-0.3, -0.25) is 4.98 Å². The van der Waals surface area contributed by atoms with Crippen LogP contribution >= 0.6 is 0 Å². The van der Waals surface area contributed by atoms with Crippen molar-refractivity contribution in [3.05, 3.63) is 48.5 Å². The van der Waals surface area contributed by atoms with Gasteiger partial charge in [-0.25, -0.2) is 9.37 Å². The summed E-state index contributed by atoms with van der Waals surface area (Å²) in [6, 6.07) is 8.11. The first kappa shape index (κ1) is 11.3. The zero-order valence-corrected chi connectivity index (χ0v) is 9.60. The molecule has 3 aromatic heterocycles. The molecule has 0 aliphatic heterocycles. The topological polar surface area (TPSA) is 77.3 Å². The van der Waals surface area contributed by atoms with Gasteiger partial charge in [0.15, 0.2) is 0 Å². The Morgan fingerprint density at radius 1 is 0.737 bits per heavy atom. The van der Waals surface area contributed by atoms with Crippen LogP contribution in [-0.4, -0.2) is 30.4 Å². The van der Waals surface area contributed by atoms with Gasteiger partial charge in [-0.15, -0.1) is 20.4 Å². The molecule has 0 N–H and O–H groups in total. The van der Waals surface area contributed by atoms with E-state index in [2.05, 4.69) is 30.4 Å². The van der Waals surface area contributed by atoms with Crippen molar-refractivity contribution >= 4 is 0 Å². The molecule has 0 radical (unpaired) electrons. The third-order valence-electron chi connectivity index (χ3n) is 2.33. The SMILES string of the molecule is Fc1ccc(-c2nnc(-c3ccccn3)nn2)nc1. The molecular formula is C12H7FN6.